The van der Waals surface area contributed by atoms with Crippen LogP contribution in [0, 0.1) is 12.3 Å². The van der Waals surface area contributed by atoms with Crippen molar-refractivity contribution >= 4 is 27.7 Å². The summed E-state index contributed by atoms with van der Waals surface area (Å²) in [5, 5.41) is 2.84. The van der Waals surface area contributed by atoms with Gasteiger partial charge in [0.25, 0.3) is 0 Å². The highest BCUT2D eigenvalue weighted by molar-refractivity contribution is 9.10. The number of hydrogen-bond acceptors (Lipinski definition) is 5. The molecular formula is C22H18BrN3O3. The minimum atomic E-state index is -0.185. The molecule has 0 saturated carbocycles. The van der Waals surface area contributed by atoms with Gasteiger partial charge in [-0.15, -0.1) is 6.42 Å². The highest BCUT2D eigenvalue weighted by Gasteiger charge is 2.14. The largest absolute Gasteiger partial charge is 0.493 e. The van der Waals surface area contributed by atoms with E-state index >= 15 is 0 Å². The monoisotopic (exact) mass is 451 g/mol. The average molecular weight is 452 g/mol. The SMILES string of the molecule is C#CCOc1ccc(-c2nccnc2NC(=O)Cc2ccc(Br)cc2)cc1OC. The van der Waals surface area contributed by atoms with Crippen LogP contribution in [0.15, 0.2) is 59.3 Å². The standard InChI is InChI=1S/C22H18BrN3O3/c1-3-12-29-18-9-6-16(14-19(18)28-2)21-22(25-11-10-24-21)26-20(27)13-15-4-7-17(23)8-5-15/h1,4-11,14H,12-13H2,2H3,(H,25,26,27). The van der Waals surface area contributed by atoms with Crippen molar-refractivity contribution in [3.05, 3.63) is 64.9 Å². The molecule has 0 radical (unpaired) electrons. The molecular weight excluding hydrogens is 434 g/mol. The van der Waals surface area contributed by atoms with E-state index in [1.807, 2.05) is 30.3 Å². The number of halogens is 1. The van der Waals surface area contributed by atoms with Crippen LogP contribution >= 0.6 is 15.9 Å². The first-order chi connectivity index (χ1) is 14.1. The number of anilines is 1. The van der Waals surface area contributed by atoms with Crippen LogP contribution in [0.4, 0.5) is 5.82 Å². The molecule has 0 saturated heterocycles. The maximum absolute atomic E-state index is 12.5. The van der Waals surface area contributed by atoms with Gasteiger partial charge in [0.05, 0.1) is 13.5 Å². The molecule has 7 heteroatoms. The zero-order valence-corrected chi connectivity index (χ0v) is 17.3. The van der Waals surface area contributed by atoms with Crippen molar-refractivity contribution < 1.29 is 14.3 Å². The number of carbonyl (C=O) groups is 1. The van der Waals surface area contributed by atoms with Gasteiger partial charge in [-0.3, -0.25) is 9.78 Å². The number of hydrogen-bond donors (Lipinski definition) is 1. The van der Waals surface area contributed by atoms with E-state index < -0.39 is 0 Å². The van der Waals surface area contributed by atoms with Gasteiger partial charge >= 0.3 is 0 Å². The second-order valence-electron chi connectivity index (χ2n) is 5.96. The van der Waals surface area contributed by atoms with Crippen LogP contribution in [-0.2, 0) is 11.2 Å². The summed E-state index contributed by atoms with van der Waals surface area (Å²) in [4.78, 5) is 21.1. The fourth-order valence-corrected chi connectivity index (χ4v) is 2.92. The molecule has 0 bridgehead atoms. The van der Waals surface area contributed by atoms with E-state index in [2.05, 4.69) is 37.1 Å². The lowest BCUT2D eigenvalue weighted by Crippen LogP contribution is -2.16. The Morgan fingerprint density at radius 3 is 2.62 bits per heavy atom. The van der Waals surface area contributed by atoms with Gasteiger partial charge in [-0.2, -0.15) is 0 Å². The zero-order chi connectivity index (χ0) is 20.6. The summed E-state index contributed by atoms with van der Waals surface area (Å²) >= 11 is 3.38. The van der Waals surface area contributed by atoms with E-state index in [9.17, 15) is 4.79 Å². The third-order valence-corrected chi connectivity index (χ3v) is 4.51. The average Bonchev–Trinajstić information content (AvgIpc) is 2.74. The number of nitrogens with one attached hydrogen (secondary N) is 1. The number of benzene rings is 2. The summed E-state index contributed by atoms with van der Waals surface area (Å²) in [6, 6.07) is 12.9. The Balaban J connectivity index is 1.82. The second-order valence-corrected chi connectivity index (χ2v) is 6.88. The lowest BCUT2D eigenvalue weighted by atomic mass is 10.1. The zero-order valence-electron chi connectivity index (χ0n) is 15.7. The van der Waals surface area contributed by atoms with Gasteiger partial charge in [0.2, 0.25) is 5.91 Å². The Morgan fingerprint density at radius 2 is 1.90 bits per heavy atom. The first-order valence-corrected chi connectivity index (χ1v) is 9.50. The smallest absolute Gasteiger partial charge is 0.230 e. The molecule has 1 amide bonds. The Labute approximate surface area is 177 Å². The van der Waals surface area contributed by atoms with Crippen molar-refractivity contribution in [2.45, 2.75) is 6.42 Å². The number of terminal acetylenes is 1. The van der Waals surface area contributed by atoms with Crippen molar-refractivity contribution in [2.24, 2.45) is 0 Å². The quantitative estimate of drug-likeness (QED) is 0.547. The number of aromatic nitrogens is 2. The number of rotatable bonds is 7. The molecule has 0 fully saturated rings. The number of carbonyl (C=O) groups excluding carboxylic acids is 1. The Morgan fingerprint density at radius 1 is 1.14 bits per heavy atom. The van der Waals surface area contributed by atoms with Crippen LogP contribution in [-0.4, -0.2) is 29.6 Å². The topological polar surface area (TPSA) is 73.3 Å². The van der Waals surface area contributed by atoms with Gasteiger partial charge in [-0.05, 0) is 35.9 Å². The highest BCUT2D eigenvalue weighted by atomic mass is 79.9. The number of nitrogens with zero attached hydrogens (tertiary/aromatic N) is 2. The van der Waals surface area contributed by atoms with Crippen molar-refractivity contribution in [1.82, 2.24) is 9.97 Å². The lowest BCUT2D eigenvalue weighted by Gasteiger charge is -2.13. The van der Waals surface area contributed by atoms with E-state index in [0.29, 0.717) is 23.0 Å². The van der Waals surface area contributed by atoms with E-state index in [4.69, 9.17) is 15.9 Å². The summed E-state index contributed by atoms with van der Waals surface area (Å²) in [6.45, 7) is 0.137. The van der Waals surface area contributed by atoms with Crippen LogP contribution in [0.1, 0.15) is 5.56 Å². The maximum Gasteiger partial charge on any atom is 0.230 e. The van der Waals surface area contributed by atoms with E-state index in [1.165, 1.54) is 6.20 Å². The third-order valence-electron chi connectivity index (χ3n) is 3.98. The van der Waals surface area contributed by atoms with Crippen LogP contribution in [0.2, 0.25) is 0 Å². The molecule has 0 aliphatic heterocycles. The molecule has 3 aromatic rings. The van der Waals surface area contributed by atoms with Gasteiger partial charge in [0, 0.05) is 22.4 Å². The molecule has 29 heavy (non-hydrogen) atoms. The number of methoxy groups -OCH3 is 1. The van der Waals surface area contributed by atoms with E-state index in [0.717, 1.165) is 15.6 Å². The summed E-state index contributed by atoms with van der Waals surface area (Å²) in [5.74, 6) is 3.64. The maximum atomic E-state index is 12.5. The first-order valence-electron chi connectivity index (χ1n) is 8.70. The summed E-state index contributed by atoms with van der Waals surface area (Å²) in [6.07, 6.45) is 8.56. The van der Waals surface area contributed by atoms with Gasteiger partial charge < -0.3 is 14.8 Å². The van der Waals surface area contributed by atoms with Crippen LogP contribution < -0.4 is 14.8 Å². The predicted octanol–water partition coefficient (Wildman–Crippen LogP) is 4.11. The third kappa shape index (κ3) is 5.33. The molecule has 3 rings (SSSR count). The fourth-order valence-electron chi connectivity index (χ4n) is 2.66. The van der Waals surface area contributed by atoms with E-state index in [-0.39, 0.29) is 18.9 Å². The normalized spacial score (nSPS) is 10.1. The fraction of sp³-hybridized carbons (Fsp3) is 0.136. The summed E-state index contributed by atoms with van der Waals surface area (Å²) in [5.41, 5.74) is 2.15. The molecule has 0 atom stereocenters. The Kier molecular flexibility index (Phi) is 6.82. The highest BCUT2D eigenvalue weighted by Crippen LogP contribution is 2.33. The second kappa shape index (κ2) is 9.71. The Bertz CT molecular complexity index is 1050. The van der Waals surface area contributed by atoms with Gasteiger partial charge in [0.1, 0.15) is 12.3 Å². The van der Waals surface area contributed by atoms with E-state index in [1.54, 1.807) is 25.4 Å². The van der Waals surface area contributed by atoms with Gasteiger partial charge in [-0.1, -0.05) is 34.0 Å². The Hall–Kier alpha value is -3.37. The molecule has 0 spiro atoms. The minimum Gasteiger partial charge on any atom is -0.493 e. The van der Waals surface area contributed by atoms with Gasteiger partial charge in [-0.25, -0.2) is 4.98 Å². The van der Waals surface area contributed by atoms with Crippen LogP contribution in [0.5, 0.6) is 11.5 Å². The predicted molar refractivity (Wildman–Crippen MR) is 115 cm³/mol. The number of ether oxygens (including phenoxy) is 2. The molecule has 2 aromatic carbocycles. The molecule has 0 unspecified atom stereocenters. The van der Waals surface area contributed by atoms with Crippen molar-refractivity contribution in [3.8, 4) is 35.1 Å². The van der Waals surface area contributed by atoms with Crippen molar-refractivity contribution in [3.63, 3.8) is 0 Å². The minimum absolute atomic E-state index is 0.137. The van der Waals surface area contributed by atoms with Crippen LogP contribution in [0.3, 0.4) is 0 Å². The summed E-state index contributed by atoms with van der Waals surface area (Å²) < 4.78 is 11.8. The molecule has 1 heterocycles. The molecule has 6 nitrogen and oxygen atoms in total. The first kappa shape index (κ1) is 20.4. The van der Waals surface area contributed by atoms with Gasteiger partial charge in [0.15, 0.2) is 17.3 Å². The molecule has 146 valence electrons. The van der Waals surface area contributed by atoms with Crippen molar-refractivity contribution in [1.29, 1.82) is 0 Å². The summed E-state index contributed by atoms with van der Waals surface area (Å²) in [7, 11) is 1.54. The van der Waals surface area contributed by atoms with Crippen molar-refractivity contribution in [2.75, 3.05) is 19.0 Å². The molecule has 0 aliphatic carbocycles. The molecule has 1 aromatic heterocycles. The molecule has 0 aliphatic rings. The van der Waals surface area contributed by atoms with Crippen LogP contribution in [0.25, 0.3) is 11.3 Å². The lowest BCUT2D eigenvalue weighted by molar-refractivity contribution is -0.115. The number of amides is 1. The molecule has 1 N–H and O–H groups in total.